The first-order chi connectivity index (χ1) is 10.0. The zero-order valence-electron chi connectivity index (χ0n) is 11.4. The van der Waals surface area contributed by atoms with E-state index in [2.05, 4.69) is 15.0 Å². The average molecular weight is 300 g/mol. The van der Waals surface area contributed by atoms with E-state index in [9.17, 15) is 4.79 Å². The van der Waals surface area contributed by atoms with Crippen LogP contribution in [0.5, 0.6) is 0 Å². The van der Waals surface area contributed by atoms with E-state index in [4.69, 9.17) is 10.4 Å². The predicted molar refractivity (Wildman–Crippen MR) is 78.8 cm³/mol. The van der Waals surface area contributed by atoms with E-state index in [1.54, 1.807) is 17.5 Å². The van der Waals surface area contributed by atoms with Crippen LogP contribution in [0.2, 0.25) is 0 Å². The van der Waals surface area contributed by atoms with E-state index in [0.29, 0.717) is 22.2 Å². The van der Waals surface area contributed by atoms with Crippen molar-refractivity contribution in [2.24, 2.45) is 0 Å². The molecule has 1 N–H and O–H groups in total. The number of nitrogens with zero attached hydrogens (tertiary/aromatic N) is 4. The molecule has 7 heteroatoms. The molecule has 21 heavy (non-hydrogen) atoms. The summed E-state index contributed by atoms with van der Waals surface area (Å²) in [6.07, 6.45) is 4.66. The molecule has 0 atom stereocenters. The summed E-state index contributed by atoms with van der Waals surface area (Å²) < 4.78 is 0. The monoisotopic (exact) mass is 300 g/mol. The van der Waals surface area contributed by atoms with Crippen molar-refractivity contribution in [3.05, 3.63) is 39.4 Å². The molecule has 0 unspecified atom stereocenters. The molecular formula is C14H12N4O2S. The van der Waals surface area contributed by atoms with Gasteiger partial charge in [-0.3, -0.25) is 0 Å². The van der Waals surface area contributed by atoms with Crippen molar-refractivity contribution in [2.75, 3.05) is 0 Å². The van der Waals surface area contributed by atoms with E-state index in [1.165, 1.54) is 17.5 Å². The second-order valence-corrected chi connectivity index (χ2v) is 5.39. The number of thiazole rings is 1. The van der Waals surface area contributed by atoms with Crippen LogP contribution in [0.1, 0.15) is 52.3 Å². The lowest BCUT2D eigenvalue weighted by Gasteiger charge is -2.08. The molecule has 6 nitrogen and oxygen atoms in total. The topological polar surface area (TPSA) is 99.8 Å². The number of carboxylic acid groups (broad SMARTS) is 1. The van der Waals surface area contributed by atoms with Gasteiger partial charge in [-0.2, -0.15) is 5.26 Å². The first-order valence-electron chi connectivity index (χ1n) is 6.15. The number of aromatic nitrogens is 3. The molecule has 0 spiro atoms. The molecule has 0 fully saturated rings. The van der Waals surface area contributed by atoms with Crippen molar-refractivity contribution in [3.63, 3.8) is 0 Å². The quantitative estimate of drug-likeness (QED) is 0.931. The van der Waals surface area contributed by atoms with Crippen LogP contribution in [-0.2, 0) is 0 Å². The maximum absolute atomic E-state index is 11.1. The number of rotatable bonds is 4. The van der Waals surface area contributed by atoms with Gasteiger partial charge in [0.1, 0.15) is 11.1 Å². The normalized spacial score (nSPS) is 11.0. The highest BCUT2D eigenvalue weighted by Gasteiger charge is 2.15. The predicted octanol–water partition coefficient (Wildman–Crippen LogP) is 2.80. The highest BCUT2D eigenvalue weighted by Crippen LogP contribution is 2.18. The maximum atomic E-state index is 11.1. The fraction of sp³-hybridized carbons (Fsp3) is 0.214. The third-order valence-electron chi connectivity index (χ3n) is 2.63. The van der Waals surface area contributed by atoms with Crippen LogP contribution in [0.3, 0.4) is 0 Å². The van der Waals surface area contributed by atoms with Gasteiger partial charge in [-0.25, -0.2) is 19.7 Å². The lowest BCUT2D eigenvalue weighted by molar-refractivity contribution is 0.0694. The Balaban J connectivity index is 2.30. The molecule has 0 aromatic carbocycles. The summed E-state index contributed by atoms with van der Waals surface area (Å²) in [4.78, 5) is 23.5. The van der Waals surface area contributed by atoms with E-state index in [0.717, 1.165) is 0 Å². The van der Waals surface area contributed by atoms with Gasteiger partial charge < -0.3 is 5.11 Å². The van der Waals surface area contributed by atoms with Crippen molar-refractivity contribution >= 4 is 29.5 Å². The largest absolute Gasteiger partial charge is 0.478 e. The van der Waals surface area contributed by atoms with E-state index in [1.807, 2.05) is 19.9 Å². The third-order valence-corrected chi connectivity index (χ3v) is 3.44. The van der Waals surface area contributed by atoms with Gasteiger partial charge in [0.15, 0.2) is 11.5 Å². The van der Waals surface area contributed by atoms with Crippen molar-refractivity contribution in [3.8, 4) is 6.07 Å². The standard InChI is InChI=1S/C14H12N4O2S/c1-8(2)13-10(14(19)20)6-16-11(18-13)3-4-12-17-9(5-15)7-21-12/h3-4,6-8H,1-2H3,(H,19,20)/b4-3+. The lowest BCUT2D eigenvalue weighted by atomic mass is 10.1. The van der Waals surface area contributed by atoms with Crippen LogP contribution in [0, 0.1) is 11.3 Å². The number of aromatic carboxylic acids is 1. The number of carboxylic acids is 1. The van der Waals surface area contributed by atoms with Crippen molar-refractivity contribution in [1.82, 2.24) is 15.0 Å². The summed E-state index contributed by atoms with van der Waals surface area (Å²) in [6.45, 7) is 3.75. The minimum absolute atomic E-state index is 0.0173. The van der Waals surface area contributed by atoms with Gasteiger partial charge in [0.05, 0.1) is 11.3 Å². The summed E-state index contributed by atoms with van der Waals surface area (Å²) in [5.41, 5.74) is 0.974. The molecule has 0 aliphatic carbocycles. The average Bonchev–Trinajstić information content (AvgIpc) is 2.92. The van der Waals surface area contributed by atoms with Gasteiger partial charge in [-0.05, 0) is 18.1 Å². The molecule has 0 amide bonds. The highest BCUT2D eigenvalue weighted by molar-refractivity contribution is 7.10. The fourth-order valence-corrected chi connectivity index (χ4v) is 2.29. The zero-order valence-corrected chi connectivity index (χ0v) is 12.3. The maximum Gasteiger partial charge on any atom is 0.339 e. The minimum Gasteiger partial charge on any atom is -0.478 e. The number of carbonyl (C=O) groups is 1. The van der Waals surface area contributed by atoms with Crippen LogP contribution in [0.25, 0.3) is 12.2 Å². The molecule has 0 saturated heterocycles. The number of hydrogen-bond donors (Lipinski definition) is 1. The molecule has 0 aliphatic rings. The van der Waals surface area contributed by atoms with Crippen LogP contribution in [0.15, 0.2) is 11.6 Å². The molecule has 0 aliphatic heterocycles. The van der Waals surface area contributed by atoms with E-state index < -0.39 is 5.97 Å². The number of hydrogen-bond acceptors (Lipinski definition) is 6. The van der Waals surface area contributed by atoms with Crippen LogP contribution >= 0.6 is 11.3 Å². The third kappa shape index (κ3) is 3.49. The molecule has 0 saturated carbocycles. The smallest absolute Gasteiger partial charge is 0.339 e. The molecule has 2 aromatic heterocycles. The molecule has 2 rings (SSSR count). The summed E-state index contributed by atoms with van der Waals surface area (Å²) in [5.74, 6) is -0.637. The van der Waals surface area contributed by atoms with Crippen LogP contribution < -0.4 is 0 Å². The van der Waals surface area contributed by atoms with Crippen LogP contribution in [0.4, 0.5) is 0 Å². The SMILES string of the molecule is CC(C)c1nc(/C=C/c2nc(C#N)cs2)ncc1C(=O)O. The van der Waals surface area contributed by atoms with Gasteiger partial charge in [0, 0.05) is 11.6 Å². The van der Waals surface area contributed by atoms with Gasteiger partial charge in [0.25, 0.3) is 0 Å². The van der Waals surface area contributed by atoms with Gasteiger partial charge in [0.2, 0.25) is 0 Å². The van der Waals surface area contributed by atoms with Gasteiger partial charge >= 0.3 is 5.97 Å². The Bertz CT molecular complexity index is 744. The molecule has 2 heterocycles. The fourth-order valence-electron chi connectivity index (χ4n) is 1.66. The zero-order chi connectivity index (χ0) is 15.4. The van der Waals surface area contributed by atoms with Gasteiger partial charge in [-0.15, -0.1) is 11.3 Å². The Morgan fingerprint density at radius 1 is 1.43 bits per heavy atom. The number of nitriles is 1. The first kappa shape index (κ1) is 14.8. The summed E-state index contributed by atoms with van der Waals surface area (Å²) in [5, 5.41) is 20.1. The Morgan fingerprint density at radius 3 is 2.76 bits per heavy atom. The summed E-state index contributed by atoms with van der Waals surface area (Å²) in [6, 6.07) is 1.96. The van der Waals surface area contributed by atoms with E-state index in [-0.39, 0.29) is 11.5 Å². The molecule has 2 aromatic rings. The second-order valence-electron chi connectivity index (χ2n) is 4.50. The minimum atomic E-state index is -1.03. The van der Waals surface area contributed by atoms with Crippen molar-refractivity contribution < 1.29 is 9.90 Å². The summed E-state index contributed by atoms with van der Waals surface area (Å²) >= 11 is 1.34. The Labute approximate surface area is 125 Å². The lowest BCUT2D eigenvalue weighted by Crippen LogP contribution is -2.08. The highest BCUT2D eigenvalue weighted by atomic mass is 32.1. The van der Waals surface area contributed by atoms with Crippen molar-refractivity contribution in [2.45, 2.75) is 19.8 Å². The Hall–Kier alpha value is -2.59. The Kier molecular flexibility index (Phi) is 4.40. The first-order valence-corrected chi connectivity index (χ1v) is 7.03. The Morgan fingerprint density at radius 2 is 2.19 bits per heavy atom. The van der Waals surface area contributed by atoms with Gasteiger partial charge in [-0.1, -0.05) is 13.8 Å². The van der Waals surface area contributed by atoms with E-state index >= 15 is 0 Å². The molecular weight excluding hydrogens is 288 g/mol. The second kappa shape index (κ2) is 6.24. The summed E-state index contributed by atoms with van der Waals surface area (Å²) in [7, 11) is 0. The van der Waals surface area contributed by atoms with Crippen molar-refractivity contribution in [1.29, 1.82) is 5.26 Å². The molecule has 106 valence electrons. The molecule has 0 radical (unpaired) electrons. The van der Waals surface area contributed by atoms with Crippen LogP contribution in [-0.4, -0.2) is 26.0 Å². The molecule has 0 bridgehead atoms.